The van der Waals surface area contributed by atoms with Crippen molar-refractivity contribution < 1.29 is 4.79 Å². The minimum atomic E-state index is -0.0254. The van der Waals surface area contributed by atoms with Crippen molar-refractivity contribution in [2.45, 2.75) is 6.92 Å². The summed E-state index contributed by atoms with van der Waals surface area (Å²) in [5.74, 6) is -0.0254. The Kier molecular flexibility index (Phi) is 2.54. The summed E-state index contributed by atoms with van der Waals surface area (Å²) in [6, 6.07) is 9.25. The molecule has 0 saturated heterocycles. The summed E-state index contributed by atoms with van der Waals surface area (Å²) in [4.78, 5) is 19.3. The van der Waals surface area contributed by atoms with Gasteiger partial charge in [-0.15, -0.1) is 0 Å². The molecule has 0 unspecified atom stereocenters. The molecule has 0 fully saturated rings. The first-order valence-electron chi connectivity index (χ1n) is 4.66. The minimum Gasteiger partial charge on any atom is -0.293 e. The summed E-state index contributed by atoms with van der Waals surface area (Å²) >= 11 is 0. The fourth-order valence-corrected chi connectivity index (χ4v) is 1.29. The van der Waals surface area contributed by atoms with E-state index in [0.29, 0.717) is 5.69 Å². The van der Waals surface area contributed by atoms with E-state index < -0.39 is 0 Å². The second-order valence-corrected chi connectivity index (χ2v) is 3.20. The molecule has 2 heterocycles. The van der Waals surface area contributed by atoms with Gasteiger partial charge < -0.3 is 0 Å². The SMILES string of the molecule is CC(=O)c1ccc(-c2ccccn2)cn1. The monoisotopic (exact) mass is 198 g/mol. The van der Waals surface area contributed by atoms with Crippen molar-refractivity contribution in [2.75, 3.05) is 0 Å². The summed E-state index contributed by atoms with van der Waals surface area (Å²) in [5, 5.41) is 0. The Labute approximate surface area is 87.8 Å². The van der Waals surface area contributed by atoms with E-state index in [0.717, 1.165) is 11.3 Å². The van der Waals surface area contributed by atoms with E-state index in [1.807, 2.05) is 24.3 Å². The maximum absolute atomic E-state index is 11.0. The molecule has 2 aromatic heterocycles. The van der Waals surface area contributed by atoms with E-state index >= 15 is 0 Å². The van der Waals surface area contributed by atoms with Crippen LogP contribution in [0.3, 0.4) is 0 Å². The van der Waals surface area contributed by atoms with Crippen molar-refractivity contribution in [1.82, 2.24) is 9.97 Å². The molecule has 0 aliphatic heterocycles. The molecule has 2 rings (SSSR count). The fraction of sp³-hybridized carbons (Fsp3) is 0.0833. The summed E-state index contributed by atoms with van der Waals surface area (Å²) in [6.07, 6.45) is 3.40. The fourth-order valence-electron chi connectivity index (χ4n) is 1.29. The van der Waals surface area contributed by atoms with Gasteiger partial charge in [0.1, 0.15) is 5.69 Å². The van der Waals surface area contributed by atoms with Gasteiger partial charge in [-0.05, 0) is 24.3 Å². The Balaban J connectivity index is 2.36. The Hall–Kier alpha value is -2.03. The highest BCUT2D eigenvalue weighted by atomic mass is 16.1. The van der Waals surface area contributed by atoms with Crippen LogP contribution in [0.2, 0.25) is 0 Å². The molecule has 0 radical (unpaired) electrons. The third kappa shape index (κ3) is 2.07. The number of hydrogen-bond donors (Lipinski definition) is 0. The highest BCUT2D eigenvalue weighted by molar-refractivity contribution is 5.92. The highest BCUT2D eigenvalue weighted by Gasteiger charge is 2.02. The van der Waals surface area contributed by atoms with Gasteiger partial charge in [0.15, 0.2) is 5.78 Å². The van der Waals surface area contributed by atoms with E-state index in [-0.39, 0.29) is 5.78 Å². The third-order valence-corrected chi connectivity index (χ3v) is 2.08. The summed E-state index contributed by atoms with van der Waals surface area (Å²) < 4.78 is 0. The van der Waals surface area contributed by atoms with E-state index in [1.54, 1.807) is 18.5 Å². The molecule has 74 valence electrons. The van der Waals surface area contributed by atoms with Crippen molar-refractivity contribution >= 4 is 5.78 Å². The van der Waals surface area contributed by atoms with E-state index in [2.05, 4.69) is 9.97 Å². The summed E-state index contributed by atoms with van der Waals surface area (Å²) in [5.41, 5.74) is 2.26. The van der Waals surface area contributed by atoms with Crippen LogP contribution in [-0.4, -0.2) is 15.8 Å². The topological polar surface area (TPSA) is 42.9 Å². The number of nitrogens with zero attached hydrogens (tertiary/aromatic N) is 2. The van der Waals surface area contributed by atoms with E-state index in [9.17, 15) is 4.79 Å². The lowest BCUT2D eigenvalue weighted by Crippen LogP contribution is -1.95. The van der Waals surface area contributed by atoms with Crippen LogP contribution < -0.4 is 0 Å². The lowest BCUT2D eigenvalue weighted by molar-refractivity contribution is 0.101. The largest absolute Gasteiger partial charge is 0.293 e. The van der Waals surface area contributed by atoms with Crippen molar-refractivity contribution in [2.24, 2.45) is 0 Å². The predicted octanol–water partition coefficient (Wildman–Crippen LogP) is 2.35. The molecule has 15 heavy (non-hydrogen) atoms. The van der Waals surface area contributed by atoms with Crippen molar-refractivity contribution in [3.05, 3.63) is 48.4 Å². The highest BCUT2D eigenvalue weighted by Crippen LogP contribution is 2.14. The molecule has 0 bridgehead atoms. The number of ketones is 1. The number of pyridine rings is 2. The van der Waals surface area contributed by atoms with Crippen molar-refractivity contribution in [1.29, 1.82) is 0 Å². The molecule has 0 aromatic carbocycles. The molecular formula is C12H10N2O. The number of carbonyl (C=O) groups is 1. The molecule has 0 saturated carbocycles. The zero-order valence-electron chi connectivity index (χ0n) is 8.34. The van der Waals surface area contributed by atoms with Gasteiger partial charge in [-0.1, -0.05) is 6.07 Å². The maximum atomic E-state index is 11.0. The first kappa shape index (κ1) is 9.52. The van der Waals surface area contributed by atoms with E-state index in [1.165, 1.54) is 6.92 Å². The summed E-state index contributed by atoms with van der Waals surface area (Å²) in [7, 11) is 0. The van der Waals surface area contributed by atoms with Gasteiger partial charge in [-0.25, -0.2) is 0 Å². The Morgan fingerprint density at radius 1 is 1.13 bits per heavy atom. The van der Waals surface area contributed by atoms with Gasteiger partial charge in [-0.3, -0.25) is 14.8 Å². The first-order valence-corrected chi connectivity index (χ1v) is 4.66. The third-order valence-electron chi connectivity index (χ3n) is 2.08. The molecule has 0 aliphatic rings. The Morgan fingerprint density at radius 3 is 2.53 bits per heavy atom. The molecule has 3 heteroatoms. The van der Waals surface area contributed by atoms with E-state index in [4.69, 9.17) is 0 Å². The van der Waals surface area contributed by atoms with Crippen LogP contribution in [0, 0.1) is 0 Å². The smallest absolute Gasteiger partial charge is 0.178 e. The van der Waals surface area contributed by atoms with Crippen LogP contribution in [0.5, 0.6) is 0 Å². The maximum Gasteiger partial charge on any atom is 0.178 e. The van der Waals surface area contributed by atoms with Gasteiger partial charge in [0.2, 0.25) is 0 Å². The normalized spacial score (nSPS) is 9.93. The number of carbonyl (C=O) groups excluding carboxylic acids is 1. The minimum absolute atomic E-state index is 0.0254. The molecule has 0 aliphatic carbocycles. The summed E-state index contributed by atoms with van der Waals surface area (Å²) in [6.45, 7) is 1.50. The number of aromatic nitrogens is 2. The zero-order chi connectivity index (χ0) is 10.7. The number of Topliss-reactive ketones (excluding diaryl/α,β-unsaturated/α-hetero) is 1. The lowest BCUT2D eigenvalue weighted by Gasteiger charge is -2.00. The predicted molar refractivity (Wildman–Crippen MR) is 57.5 cm³/mol. The standard InChI is InChI=1S/C12H10N2O/c1-9(15)11-6-5-10(8-14-11)12-4-2-3-7-13-12/h2-8H,1H3. The van der Waals surface area contributed by atoms with Crippen LogP contribution in [0.25, 0.3) is 11.3 Å². The van der Waals surface area contributed by atoms with Gasteiger partial charge in [0, 0.05) is 24.9 Å². The molecule has 2 aromatic rings. The molecule has 0 N–H and O–H groups in total. The number of rotatable bonds is 2. The van der Waals surface area contributed by atoms with Gasteiger partial charge in [-0.2, -0.15) is 0 Å². The average molecular weight is 198 g/mol. The van der Waals surface area contributed by atoms with Gasteiger partial charge >= 0.3 is 0 Å². The second kappa shape index (κ2) is 4.00. The first-order chi connectivity index (χ1) is 7.27. The Morgan fingerprint density at radius 2 is 2.00 bits per heavy atom. The van der Waals surface area contributed by atoms with Crippen LogP contribution >= 0.6 is 0 Å². The van der Waals surface area contributed by atoms with Crippen LogP contribution in [0.15, 0.2) is 42.7 Å². The molecule has 0 spiro atoms. The lowest BCUT2D eigenvalue weighted by atomic mass is 10.1. The molecule has 0 atom stereocenters. The molecule has 0 amide bonds. The van der Waals surface area contributed by atoms with Crippen molar-refractivity contribution in [3.63, 3.8) is 0 Å². The quantitative estimate of drug-likeness (QED) is 0.695. The van der Waals surface area contributed by atoms with Gasteiger partial charge in [0.25, 0.3) is 0 Å². The second-order valence-electron chi connectivity index (χ2n) is 3.20. The van der Waals surface area contributed by atoms with Crippen molar-refractivity contribution in [3.8, 4) is 11.3 Å². The zero-order valence-corrected chi connectivity index (χ0v) is 8.34. The van der Waals surface area contributed by atoms with Crippen LogP contribution in [0.4, 0.5) is 0 Å². The Bertz CT molecular complexity index is 463. The van der Waals surface area contributed by atoms with Gasteiger partial charge in [0.05, 0.1) is 5.69 Å². The molecular weight excluding hydrogens is 188 g/mol. The van der Waals surface area contributed by atoms with Crippen LogP contribution in [-0.2, 0) is 0 Å². The molecule has 3 nitrogen and oxygen atoms in total. The number of hydrogen-bond acceptors (Lipinski definition) is 3. The average Bonchev–Trinajstić information content (AvgIpc) is 2.30. The van der Waals surface area contributed by atoms with Crippen LogP contribution in [0.1, 0.15) is 17.4 Å².